The van der Waals surface area contributed by atoms with Crippen molar-refractivity contribution in [3.8, 4) is 0 Å². The molecule has 0 aromatic heterocycles. The highest BCUT2D eigenvalue weighted by atomic mass is 15.2. The van der Waals surface area contributed by atoms with E-state index in [1.165, 1.54) is 25.7 Å². The highest BCUT2D eigenvalue weighted by Gasteiger charge is 2.32. The number of rotatable bonds is 4. The second kappa shape index (κ2) is 5.31. The molecule has 0 aliphatic heterocycles. The first kappa shape index (κ1) is 13.0. The molecular weight excluding hydrogens is 184 g/mol. The van der Waals surface area contributed by atoms with Crippen LogP contribution in [-0.4, -0.2) is 29.6 Å². The molecule has 2 heteroatoms. The van der Waals surface area contributed by atoms with Crippen LogP contribution in [0.25, 0.3) is 0 Å². The predicted molar refractivity (Wildman–Crippen MR) is 66.9 cm³/mol. The van der Waals surface area contributed by atoms with Gasteiger partial charge in [0.1, 0.15) is 0 Å². The minimum atomic E-state index is 0.0813. The van der Waals surface area contributed by atoms with Crippen LogP contribution in [-0.2, 0) is 0 Å². The Kier molecular flexibility index (Phi) is 4.60. The number of likely N-dealkylation sites (N-methyl/N-ethyl adjacent to an activating group) is 1. The Hall–Kier alpha value is -0.0800. The molecule has 1 aliphatic rings. The molecule has 0 aromatic rings. The molecule has 0 spiro atoms. The molecule has 2 nitrogen and oxygen atoms in total. The average Bonchev–Trinajstić information content (AvgIpc) is 2.13. The van der Waals surface area contributed by atoms with Crippen molar-refractivity contribution in [1.82, 2.24) is 4.90 Å². The van der Waals surface area contributed by atoms with E-state index in [-0.39, 0.29) is 5.54 Å². The van der Waals surface area contributed by atoms with E-state index in [0.717, 1.165) is 19.0 Å². The summed E-state index contributed by atoms with van der Waals surface area (Å²) in [6.45, 7) is 11.3. The van der Waals surface area contributed by atoms with E-state index in [0.29, 0.717) is 6.04 Å². The van der Waals surface area contributed by atoms with Crippen LogP contribution in [0.1, 0.15) is 53.4 Å². The first-order chi connectivity index (χ1) is 6.97. The van der Waals surface area contributed by atoms with Crippen molar-refractivity contribution in [3.05, 3.63) is 0 Å². The van der Waals surface area contributed by atoms with E-state index in [1.807, 2.05) is 0 Å². The molecule has 0 radical (unpaired) electrons. The first-order valence-corrected chi connectivity index (χ1v) is 6.50. The van der Waals surface area contributed by atoms with Crippen molar-refractivity contribution in [2.75, 3.05) is 13.1 Å². The fourth-order valence-electron chi connectivity index (χ4n) is 2.91. The highest BCUT2D eigenvalue weighted by molar-refractivity contribution is 4.92. The van der Waals surface area contributed by atoms with E-state index in [4.69, 9.17) is 5.73 Å². The molecule has 1 fully saturated rings. The smallest absolute Gasteiger partial charge is 0.0286 e. The number of nitrogens with zero attached hydrogens (tertiary/aromatic N) is 1. The van der Waals surface area contributed by atoms with Gasteiger partial charge in [0.15, 0.2) is 0 Å². The third-order valence-electron chi connectivity index (χ3n) is 3.78. The van der Waals surface area contributed by atoms with Gasteiger partial charge in [-0.25, -0.2) is 0 Å². The van der Waals surface area contributed by atoms with E-state index in [1.54, 1.807) is 0 Å². The lowest BCUT2D eigenvalue weighted by Crippen LogP contribution is -2.54. The molecule has 1 rings (SSSR count). The zero-order chi connectivity index (χ0) is 11.5. The van der Waals surface area contributed by atoms with Gasteiger partial charge in [0.2, 0.25) is 0 Å². The van der Waals surface area contributed by atoms with E-state index in [9.17, 15) is 0 Å². The second-order valence-corrected chi connectivity index (χ2v) is 5.72. The van der Waals surface area contributed by atoms with Crippen LogP contribution in [0.4, 0.5) is 0 Å². The standard InChI is InChI=1S/C13H28N2/c1-5-15(11(2)3)10-13(14)8-6-7-12(4)9-13/h11-12H,5-10,14H2,1-4H3. The summed E-state index contributed by atoms with van der Waals surface area (Å²) in [5.74, 6) is 0.814. The van der Waals surface area contributed by atoms with Gasteiger partial charge in [0.25, 0.3) is 0 Å². The van der Waals surface area contributed by atoms with Gasteiger partial charge < -0.3 is 5.73 Å². The third kappa shape index (κ3) is 3.76. The van der Waals surface area contributed by atoms with Crippen molar-refractivity contribution in [2.45, 2.75) is 65.0 Å². The number of nitrogens with two attached hydrogens (primary N) is 1. The van der Waals surface area contributed by atoms with Crippen LogP contribution >= 0.6 is 0 Å². The zero-order valence-electron chi connectivity index (χ0n) is 10.9. The first-order valence-electron chi connectivity index (χ1n) is 6.50. The molecule has 0 bridgehead atoms. The minimum absolute atomic E-state index is 0.0813. The zero-order valence-corrected chi connectivity index (χ0v) is 10.9. The largest absolute Gasteiger partial charge is 0.324 e. The van der Waals surface area contributed by atoms with Gasteiger partial charge in [-0.05, 0) is 39.2 Å². The molecule has 90 valence electrons. The molecule has 0 heterocycles. The lowest BCUT2D eigenvalue weighted by molar-refractivity contribution is 0.132. The summed E-state index contributed by atoms with van der Waals surface area (Å²) >= 11 is 0. The summed E-state index contributed by atoms with van der Waals surface area (Å²) in [4.78, 5) is 2.50. The van der Waals surface area contributed by atoms with E-state index < -0.39 is 0 Å². The van der Waals surface area contributed by atoms with Gasteiger partial charge in [-0.1, -0.05) is 26.7 Å². The third-order valence-corrected chi connectivity index (χ3v) is 3.78. The summed E-state index contributed by atoms with van der Waals surface area (Å²) in [6.07, 6.45) is 5.09. The maximum absolute atomic E-state index is 6.52. The van der Waals surface area contributed by atoms with Crippen LogP contribution in [0.5, 0.6) is 0 Å². The lowest BCUT2D eigenvalue weighted by atomic mass is 9.76. The van der Waals surface area contributed by atoms with Crippen molar-refractivity contribution in [3.63, 3.8) is 0 Å². The second-order valence-electron chi connectivity index (χ2n) is 5.72. The van der Waals surface area contributed by atoms with Crippen LogP contribution in [0.15, 0.2) is 0 Å². The Labute approximate surface area is 95.2 Å². The van der Waals surface area contributed by atoms with Gasteiger partial charge >= 0.3 is 0 Å². The summed E-state index contributed by atoms with van der Waals surface area (Å²) in [5, 5.41) is 0. The van der Waals surface area contributed by atoms with Crippen LogP contribution in [0.2, 0.25) is 0 Å². The minimum Gasteiger partial charge on any atom is -0.324 e. The van der Waals surface area contributed by atoms with Gasteiger partial charge in [-0.15, -0.1) is 0 Å². The average molecular weight is 212 g/mol. The van der Waals surface area contributed by atoms with Gasteiger partial charge in [0, 0.05) is 18.1 Å². The molecule has 0 amide bonds. The maximum atomic E-state index is 6.52. The molecular formula is C13H28N2. The molecule has 2 atom stereocenters. The fourth-order valence-corrected chi connectivity index (χ4v) is 2.91. The maximum Gasteiger partial charge on any atom is 0.0286 e. The van der Waals surface area contributed by atoms with Gasteiger partial charge in [-0.2, -0.15) is 0 Å². The lowest BCUT2D eigenvalue weighted by Gasteiger charge is -2.41. The van der Waals surface area contributed by atoms with E-state index in [2.05, 4.69) is 32.6 Å². The molecule has 1 saturated carbocycles. The molecule has 0 aromatic carbocycles. The van der Waals surface area contributed by atoms with Crippen LogP contribution < -0.4 is 5.73 Å². The summed E-state index contributed by atoms with van der Waals surface area (Å²) in [6, 6.07) is 0.618. The predicted octanol–water partition coefficient (Wildman–Crippen LogP) is 2.62. The van der Waals surface area contributed by atoms with Crippen LogP contribution in [0.3, 0.4) is 0 Å². The Morgan fingerprint density at radius 2 is 2.13 bits per heavy atom. The Morgan fingerprint density at radius 1 is 1.47 bits per heavy atom. The number of hydrogen-bond donors (Lipinski definition) is 1. The SMILES string of the molecule is CCN(CC1(N)CCCC(C)C1)C(C)C. The van der Waals surface area contributed by atoms with Gasteiger partial charge in [-0.3, -0.25) is 4.90 Å². The van der Waals surface area contributed by atoms with Crippen LogP contribution in [0, 0.1) is 5.92 Å². The quantitative estimate of drug-likeness (QED) is 0.776. The van der Waals surface area contributed by atoms with Crippen molar-refractivity contribution in [1.29, 1.82) is 0 Å². The topological polar surface area (TPSA) is 29.3 Å². The van der Waals surface area contributed by atoms with Crippen molar-refractivity contribution >= 4 is 0 Å². The van der Waals surface area contributed by atoms with Crippen molar-refractivity contribution in [2.24, 2.45) is 11.7 Å². The monoisotopic (exact) mass is 212 g/mol. The summed E-state index contributed by atoms with van der Waals surface area (Å²) in [5.41, 5.74) is 6.60. The summed E-state index contributed by atoms with van der Waals surface area (Å²) < 4.78 is 0. The van der Waals surface area contributed by atoms with Gasteiger partial charge in [0.05, 0.1) is 0 Å². The summed E-state index contributed by atoms with van der Waals surface area (Å²) in [7, 11) is 0. The Bertz CT molecular complexity index is 191. The Morgan fingerprint density at radius 3 is 2.60 bits per heavy atom. The van der Waals surface area contributed by atoms with E-state index >= 15 is 0 Å². The molecule has 1 aliphatic carbocycles. The van der Waals surface area contributed by atoms with Crippen molar-refractivity contribution < 1.29 is 0 Å². The highest BCUT2D eigenvalue weighted by Crippen LogP contribution is 2.31. The molecule has 15 heavy (non-hydrogen) atoms. The molecule has 2 N–H and O–H groups in total. The Balaban J connectivity index is 2.53. The number of hydrogen-bond acceptors (Lipinski definition) is 2. The fraction of sp³-hybridized carbons (Fsp3) is 1.00. The normalized spacial score (nSPS) is 32.6. The molecule has 0 saturated heterocycles. The molecule has 2 unspecified atom stereocenters.